The Kier molecular flexibility index (Phi) is 12.1. The van der Waals surface area contributed by atoms with Gasteiger partial charge in [-0.2, -0.15) is 5.26 Å². The molecule has 4 heteroatoms. The molecule has 0 aromatic carbocycles. The molecule has 1 fully saturated rings. The monoisotopic (exact) mass is 197 g/mol. The highest BCUT2D eigenvalue weighted by atomic mass is 16.6. The Morgan fingerprint density at radius 3 is 2.00 bits per heavy atom. The van der Waals surface area contributed by atoms with Crippen LogP contribution in [0.3, 0.4) is 0 Å². The number of carboxylic acid groups (broad SMARTS) is 1. The zero-order valence-corrected chi connectivity index (χ0v) is 8.49. The SMILES string of the molecule is C1CO1.C=CC#N.CC=C(C)C(=O)O. The molecule has 0 aromatic heterocycles. The fourth-order valence-electron chi connectivity index (χ4n) is 0.123. The summed E-state index contributed by atoms with van der Waals surface area (Å²) in [5.41, 5.74) is 0.389. The zero-order valence-electron chi connectivity index (χ0n) is 8.49. The van der Waals surface area contributed by atoms with Gasteiger partial charge in [0.1, 0.15) is 0 Å². The fourth-order valence-corrected chi connectivity index (χ4v) is 0.123. The Morgan fingerprint density at radius 1 is 1.64 bits per heavy atom. The van der Waals surface area contributed by atoms with Crippen molar-refractivity contribution in [2.24, 2.45) is 0 Å². The molecule has 0 spiro atoms. The number of rotatable bonds is 1. The second-order valence-electron chi connectivity index (χ2n) is 2.22. The van der Waals surface area contributed by atoms with Crippen molar-refractivity contribution in [2.45, 2.75) is 13.8 Å². The normalized spacial score (nSPS) is 11.9. The van der Waals surface area contributed by atoms with Gasteiger partial charge in [0, 0.05) is 11.6 Å². The molecule has 0 radical (unpaired) electrons. The zero-order chi connectivity index (χ0) is 11.4. The van der Waals surface area contributed by atoms with Gasteiger partial charge in [-0.15, -0.1) is 0 Å². The molecule has 14 heavy (non-hydrogen) atoms. The maximum atomic E-state index is 9.86. The summed E-state index contributed by atoms with van der Waals surface area (Å²) in [7, 11) is 0. The summed E-state index contributed by atoms with van der Waals surface area (Å²) in [5, 5.41) is 15.6. The van der Waals surface area contributed by atoms with E-state index in [0.29, 0.717) is 5.57 Å². The van der Waals surface area contributed by atoms with Crippen molar-refractivity contribution in [3.8, 4) is 6.07 Å². The van der Waals surface area contributed by atoms with Crippen molar-refractivity contribution >= 4 is 5.97 Å². The number of carboxylic acids is 1. The Morgan fingerprint density at radius 2 is 2.00 bits per heavy atom. The molecule has 1 saturated heterocycles. The summed E-state index contributed by atoms with van der Waals surface area (Å²) in [6, 6.07) is 1.69. The highest BCUT2D eigenvalue weighted by Gasteiger charge is 1.94. The van der Waals surface area contributed by atoms with Crippen LogP contribution in [-0.2, 0) is 9.53 Å². The van der Waals surface area contributed by atoms with Crippen LogP contribution in [0.5, 0.6) is 0 Å². The quantitative estimate of drug-likeness (QED) is 0.395. The predicted octanol–water partition coefficient (Wildman–Crippen LogP) is 1.75. The van der Waals surface area contributed by atoms with Gasteiger partial charge < -0.3 is 9.84 Å². The molecule has 1 N–H and O–H groups in total. The van der Waals surface area contributed by atoms with Crippen molar-refractivity contribution in [1.82, 2.24) is 0 Å². The van der Waals surface area contributed by atoms with Gasteiger partial charge in [-0.05, 0) is 13.8 Å². The molecule has 0 atom stereocenters. The molecule has 4 nitrogen and oxygen atoms in total. The highest BCUT2D eigenvalue weighted by molar-refractivity contribution is 5.85. The number of carbonyl (C=O) groups is 1. The van der Waals surface area contributed by atoms with Crippen LogP contribution in [0.1, 0.15) is 13.8 Å². The number of aliphatic carboxylic acids is 1. The largest absolute Gasteiger partial charge is 0.478 e. The van der Waals surface area contributed by atoms with E-state index in [-0.39, 0.29) is 0 Å². The van der Waals surface area contributed by atoms with Crippen LogP contribution >= 0.6 is 0 Å². The minimum Gasteiger partial charge on any atom is -0.478 e. The van der Waals surface area contributed by atoms with Crippen molar-refractivity contribution in [2.75, 3.05) is 13.2 Å². The summed E-state index contributed by atoms with van der Waals surface area (Å²) >= 11 is 0. The minimum atomic E-state index is -0.845. The van der Waals surface area contributed by atoms with Gasteiger partial charge in [0.2, 0.25) is 0 Å². The van der Waals surface area contributed by atoms with Crippen molar-refractivity contribution in [3.63, 3.8) is 0 Å². The molecular weight excluding hydrogens is 182 g/mol. The van der Waals surface area contributed by atoms with Crippen LogP contribution < -0.4 is 0 Å². The predicted molar refractivity (Wildman–Crippen MR) is 53.7 cm³/mol. The summed E-state index contributed by atoms with van der Waals surface area (Å²) < 4.78 is 4.50. The first-order valence-corrected chi connectivity index (χ1v) is 4.04. The van der Waals surface area contributed by atoms with Crippen LogP contribution in [0.15, 0.2) is 24.3 Å². The number of nitrogens with zero attached hydrogens (tertiary/aromatic N) is 1. The lowest BCUT2D eigenvalue weighted by Crippen LogP contribution is -1.93. The van der Waals surface area contributed by atoms with E-state index in [4.69, 9.17) is 10.4 Å². The summed E-state index contributed by atoms with van der Waals surface area (Å²) in [6.07, 6.45) is 2.74. The lowest BCUT2D eigenvalue weighted by atomic mass is 10.3. The molecule has 0 unspecified atom stereocenters. The second-order valence-corrected chi connectivity index (χ2v) is 2.22. The van der Waals surface area contributed by atoms with Crippen molar-refractivity contribution < 1.29 is 14.6 Å². The standard InChI is InChI=1S/C5H8O2.C3H3N.C2H4O/c1-3-4(2)5(6)7;1-2-3-4;1-2-3-1/h3H,1-2H3,(H,6,7);2H,1H2;1-2H2. The molecule has 1 heterocycles. The molecule has 1 aliphatic rings. The Labute approximate surface area is 84.1 Å². The lowest BCUT2D eigenvalue weighted by Gasteiger charge is -1.84. The van der Waals surface area contributed by atoms with Gasteiger partial charge in [0.25, 0.3) is 0 Å². The molecular formula is C10H15NO3. The van der Waals surface area contributed by atoms with E-state index in [2.05, 4.69) is 11.3 Å². The topological polar surface area (TPSA) is 73.6 Å². The smallest absolute Gasteiger partial charge is 0.330 e. The van der Waals surface area contributed by atoms with Crippen LogP contribution in [0, 0.1) is 11.3 Å². The summed E-state index contributed by atoms with van der Waals surface area (Å²) in [6.45, 7) is 8.37. The molecule has 0 saturated carbocycles. The van der Waals surface area contributed by atoms with Crippen LogP contribution in [0.25, 0.3) is 0 Å². The molecule has 0 amide bonds. The van der Waals surface area contributed by atoms with E-state index >= 15 is 0 Å². The van der Waals surface area contributed by atoms with Crippen molar-refractivity contribution in [3.05, 3.63) is 24.3 Å². The second kappa shape index (κ2) is 11.4. The van der Waals surface area contributed by atoms with Crippen molar-refractivity contribution in [1.29, 1.82) is 5.26 Å². The van der Waals surface area contributed by atoms with E-state index in [1.54, 1.807) is 26.0 Å². The van der Waals surface area contributed by atoms with Gasteiger partial charge in [0.15, 0.2) is 0 Å². The van der Waals surface area contributed by atoms with Crippen LogP contribution in [-0.4, -0.2) is 24.3 Å². The highest BCUT2D eigenvalue weighted by Crippen LogP contribution is 1.87. The average molecular weight is 197 g/mol. The molecule has 0 bridgehead atoms. The molecule has 1 aliphatic heterocycles. The van der Waals surface area contributed by atoms with Gasteiger partial charge >= 0.3 is 5.97 Å². The Hall–Kier alpha value is -1.60. The summed E-state index contributed by atoms with van der Waals surface area (Å²) in [4.78, 5) is 9.86. The molecule has 78 valence electrons. The van der Waals surface area contributed by atoms with E-state index < -0.39 is 5.97 Å². The van der Waals surface area contributed by atoms with Crippen LogP contribution in [0.2, 0.25) is 0 Å². The van der Waals surface area contributed by atoms with Crippen LogP contribution in [0.4, 0.5) is 0 Å². The van der Waals surface area contributed by atoms with E-state index in [0.717, 1.165) is 13.2 Å². The van der Waals surface area contributed by atoms with Gasteiger partial charge in [-0.3, -0.25) is 0 Å². The van der Waals surface area contributed by atoms with Gasteiger partial charge in [-0.1, -0.05) is 12.7 Å². The average Bonchev–Trinajstić information content (AvgIpc) is 3.03. The summed E-state index contributed by atoms with van der Waals surface area (Å²) in [5.74, 6) is -0.845. The number of hydrogen-bond acceptors (Lipinski definition) is 3. The molecule has 0 aliphatic carbocycles. The lowest BCUT2D eigenvalue weighted by molar-refractivity contribution is -0.132. The van der Waals surface area contributed by atoms with E-state index in [1.807, 2.05) is 0 Å². The maximum Gasteiger partial charge on any atom is 0.330 e. The first-order valence-electron chi connectivity index (χ1n) is 4.04. The number of nitriles is 1. The molecule has 1 rings (SSSR count). The van der Waals surface area contributed by atoms with Gasteiger partial charge in [0.05, 0.1) is 19.3 Å². The maximum absolute atomic E-state index is 9.86. The number of allylic oxidation sites excluding steroid dienone is 2. The number of ether oxygens (including phenoxy) is 1. The van der Waals surface area contributed by atoms with Gasteiger partial charge in [-0.25, -0.2) is 4.79 Å². The van der Waals surface area contributed by atoms with E-state index in [1.165, 1.54) is 6.08 Å². The Bertz CT molecular complexity index is 233. The third-order valence-corrected chi connectivity index (χ3v) is 1.07. The first-order chi connectivity index (χ1) is 6.59. The number of epoxide rings is 1. The molecule has 0 aromatic rings. The minimum absolute atomic E-state index is 0.389. The third-order valence-electron chi connectivity index (χ3n) is 1.07. The number of hydrogen-bond donors (Lipinski definition) is 1. The van der Waals surface area contributed by atoms with E-state index in [9.17, 15) is 4.79 Å². The first kappa shape index (κ1) is 14.9. The Balaban J connectivity index is 0. The fraction of sp³-hybridized carbons (Fsp3) is 0.400. The third kappa shape index (κ3) is 22.4.